The first kappa shape index (κ1) is 20.8. The maximum Gasteiger partial charge on any atom is 0.266 e. The van der Waals surface area contributed by atoms with Crippen LogP contribution in [0, 0.1) is 5.41 Å². The van der Waals surface area contributed by atoms with Crippen molar-refractivity contribution in [3.05, 3.63) is 74.6 Å². The van der Waals surface area contributed by atoms with Gasteiger partial charge in [0.15, 0.2) is 5.78 Å². The Labute approximate surface area is 194 Å². The molecule has 4 aromatic rings. The SMILES string of the molecule is Cn1nccc1-n1c2c(cc(-c3nc(-c4ccc(Cl)cc4)cs3)c1=O)C(=O)CC(C)(C)C2. The van der Waals surface area contributed by atoms with Crippen molar-refractivity contribution in [3.8, 4) is 27.6 Å². The molecule has 0 bridgehead atoms. The number of hydrogen-bond donors (Lipinski definition) is 0. The van der Waals surface area contributed by atoms with Crippen LogP contribution in [-0.2, 0) is 13.5 Å². The van der Waals surface area contributed by atoms with Gasteiger partial charge in [-0.25, -0.2) is 4.98 Å². The van der Waals surface area contributed by atoms with E-state index >= 15 is 0 Å². The van der Waals surface area contributed by atoms with Gasteiger partial charge >= 0.3 is 0 Å². The zero-order valence-corrected chi connectivity index (χ0v) is 19.5. The third kappa shape index (κ3) is 3.51. The molecule has 32 heavy (non-hydrogen) atoms. The molecule has 3 heterocycles. The molecular weight excluding hydrogens is 444 g/mol. The average Bonchev–Trinajstić information content (AvgIpc) is 3.37. The monoisotopic (exact) mass is 464 g/mol. The van der Waals surface area contributed by atoms with Gasteiger partial charge in [-0.05, 0) is 30.0 Å². The Hall–Kier alpha value is -3.03. The molecule has 0 radical (unpaired) electrons. The number of carbonyl (C=O) groups excluding carboxylic acids is 1. The summed E-state index contributed by atoms with van der Waals surface area (Å²) in [4.78, 5) is 31.6. The normalized spacial score (nSPS) is 15.1. The summed E-state index contributed by atoms with van der Waals surface area (Å²) in [6, 6.07) is 10.9. The third-order valence-electron chi connectivity index (χ3n) is 5.79. The minimum absolute atomic E-state index is 0.0444. The van der Waals surface area contributed by atoms with Crippen molar-refractivity contribution in [2.24, 2.45) is 12.5 Å². The summed E-state index contributed by atoms with van der Waals surface area (Å²) in [5.74, 6) is 0.677. The first-order chi connectivity index (χ1) is 15.2. The molecule has 0 unspecified atom stereocenters. The lowest BCUT2D eigenvalue weighted by Crippen LogP contribution is -2.35. The van der Waals surface area contributed by atoms with Crippen LogP contribution in [0.15, 0.2) is 52.8 Å². The van der Waals surface area contributed by atoms with Gasteiger partial charge in [-0.1, -0.05) is 37.6 Å². The third-order valence-corrected chi connectivity index (χ3v) is 6.91. The lowest BCUT2D eigenvalue weighted by molar-refractivity contribution is 0.0909. The molecule has 0 aliphatic heterocycles. The van der Waals surface area contributed by atoms with E-state index in [4.69, 9.17) is 16.6 Å². The van der Waals surface area contributed by atoms with Crippen molar-refractivity contribution in [1.82, 2.24) is 19.3 Å². The van der Waals surface area contributed by atoms with Crippen molar-refractivity contribution in [1.29, 1.82) is 0 Å². The van der Waals surface area contributed by atoms with Gasteiger partial charge in [0, 0.05) is 46.8 Å². The second-order valence-corrected chi connectivity index (χ2v) is 10.2. The predicted molar refractivity (Wildman–Crippen MR) is 127 cm³/mol. The van der Waals surface area contributed by atoms with Gasteiger partial charge in [-0.15, -0.1) is 11.3 Å². The summed E-state index contributed by atoms with van der Waals surface area (Å²) in [5, 5.41) is 7.39. The van der Waals surface area contributed by atoms with Crippen molar-refractivity contribution >= 4 is 28.7 Å². The minimum Gasteiger partial charge on any atom is -0.294 e. The molecule has 0 spiro atoms. The van der Waals surface area contributed by atoms with E-state index in [-0.39, 0.29) is 16.8 Å². The smallest absolute Gasteiger partial charge is 0.266 e. The Morgan fingerprint density at radius 3 is 2.50 bits per heavy atom. The zero-order valence-electron chi connectivity index (χ0n) is 17.9. The largest absolute Gasteiger partial charge is 0.294 e. The highest BCUT2D eigenvalue weighted by molar-refractivity contribution is 7.13. The molecular formula is C24H21ClN4O2S. The number of Topliss-reactive ketones (excluding diaryl/α,β-unsaturated/α-hetero) is 1. The number of aromatic nitrogens is 4. The molecule has 3 aromatic heterocycles. The fourth-order valence-electron chi connectivity index (χ4n) is 4.25. The molecule has 0 N–H and O–H groups in total. The number of pyridine rings is 1. The minimum atomic E-state index is -0.221. The number of ketones is 1. The molecule has 162 valence electrons. The highest BCUT2D eigenvalue weighted by atomic mass is 35.5. The lowest BCUT2D eigenvalue weighted by atomic mass is 9.75. The van der Waals surface area contributed by atoms with Crippen molar-refractivity contribution in [3.63, 3.8) is 0 Å². The van der Waals surface area contributed by atoms with E-state index in [1.807, 2.05) is 29.6 Å². The predicted octanol–water partition coefficient (Wildman–Crippen LogP) is 5.17. The molecule has 1 aliphatic carbocycles. The Balaban J connectivity index is 1.72. The van der Waals surface area contributed by atoms with Crippen LogP contribution in [0.1, 0.15) is 36.3 Å². The molecule has 0 amide bonds. The van der Waals surface area contributed by atoms with Crippen LogP contribution < -0.4 is 5.56 Å². The quantitative estimate of drug-likeness (QED) is 0.419. The maximum absolute atomic E-state index is 13.8. The Bertz CT molecular complexity index is 1410. The molecule has 0 saturated heterocycles. The van der Waals surface area contributed by atoms with Gasteiger partial charge in [0.2, 0.25) is 0 Å². The van der Waals surface area contributed by atoms with Crippen LogP contribution in [0.4, 0.5) is 0 Å². The van der Waals surface area contributed by atoms with Crippen molar-refractivity contribution in [2.45, 2.75) is 26.7 Å². The highest BCUT2D eigenvalue weighted by Gasteiger charge is 2.35. The van der Waals surface area contributed by atoms with Gasteiger partial charge in [0.1, 0.15) is 10.8 Å². The van der Waals surface area contributed by atoms with Crippen LogP contribution in [-0.4, -0.2) is 25.1 Å². The molecule has 0 fully saturated rings. The molecule has 0 saturated carbocycles. The van der Waals surface area contributed by atoms with Gasteiger partial charge < -0.3 is 0 Å². The zero-order chi connectivity index (χ0) is 22.6. The summed E-state index contributed by atoms with van der Waals surface area (Å²) >= 11 is 7.39. The van der Waals surface area contributed by atoms with E-state index in [9.17, 15) is 9.59 Å². The number of nitrogens with zero attached hydrogens (tertiary/aromatic N) is 4. The van der Waals surface area contributed by atoms with Gasteiger partial charge in [-0.2, -0.15) is 5.10 Å². The molecule has 8 heteroatoms. The van der Waals surface area contributed by atoms with E-state index in [1.165, 1.54) is 11.3 Å². The fourth-order valence-corrected chi connectivity index (χ4v) is 5.21. The Morgan fingerprint density at radius 1 is 1.06 bits per heavy atom. The van der Waals surface area contributed by atoms with E-state index in [2.05, 4.69) is 18.9 Å². The van der Waals surface area contributed by atoms with E-state index in [0.717, 1.165) is 17.0 Å². The number of halogens is 1. The summed E-state index contributed by atoms with van der Waals surface area (Å²) in [7, 11) is 1.79. The van der Waals surface area contributed by atoms with Crippen LogP contribution in [0.25, 0.3) is 27.6 Å². The first-order valence-electron chi connectivity index (χ1n) is 10.3. The Morgan fingerprint density at radius 2 is 1.81 bits per heavy atom. The molecule has 5 rings (SSSR count). The highest BCUT2D eigenvalue weighted by Crippen LogP contribution is 2.37. The standard InChI is InChI=1S/C24H21ClN4O2S/c1-24(2)11-19-16(20(30)12-24)10-17(23(31)29(19)21-8-9-26-28(21)3)22-27-18(13-32-22)14-4-6-15(25)7-5-14/h4-10,13H,11-12H2,1-3H3. The van der Waals surface area contributed by atoms with E-state index in [1.54, 1.807) is 34.6 Å². The van der Waals surface area contributed by atoms with Gasteiger partial charge in [0.25, 0.3) is 5.56 Å². The number of aryl methyl sites for hydroxylation is 1. The summed E-state index contributed by atoms with van der Waals surface area (Å²) in [6.45, 7) is 4.11. The summed E-state index contributed by atoms with van der Waals surface area (Å²) in [5.41, 5.74) is 3.00. The Kier molecular flexibility index (Phi) is 4.91. The van der Waals surface area contributed by atoms with E-state index < -0.39 is 0 Å². The first-order valence-corrected chi connectivity index (χ1v) is 11.5. The summed E-state index contributed by atoms with van der Waals surface area (Å²) < 4.78 is 3.29. The van der Waals surface area contributed by atoms with Crippen LogP contribution in [0.2, 0.25) is 5.02 Å². The number of benzene rings is 1. The van der Waals surface area contributed by atoms with Gasteiger partial charge in [0.05, 0.1) is 17.5 Å². The number of hydrogen-bond acceptors (Lipinski definition) is 5. The number of thiazole rings is 1. The van der Waals surface area contributed by atoms with Gasteiger partial charge in [-0.3, -0.25) is 18.8 Å². The second-order valence-electron chi connectivity index (χ2n) is 8.86. The average molecular weight is 465 g/mol. The summed E-state index contributed by atoms with van der Waals surface area (Å²) in [6.07, 6.45) is 2.72. The van der Waals surface area contributed by atoms with Crippen molar-refractivity contribution < 1.29 is 4.79 Å². The van der Waals surface area contributed by atoms with Crippen LogP contribution in [0.5, 0.6) is 0 Å². The lowest BCUT2D eigenvalue weighted by Gasteiger charge is -2.32. The molecule has 1 aromatic carbocycles. The molecule has 6 nitrogen and oxygen atoms in total. The molecule has 0 atom stereocenters. The van der Waals surface area contributed by atoms with Crippen LogP contribution >= 0.6 is 22.9 Å². The van der Waals surface area contributed by atoms with Crippen LogP contribution in [0.3, 0.4) is 0 Å². The fraction of sp³-hybridized carbons (Fsp3) is 0.250. The van der Waals surface area contributed by atoms with Crippen molar-refractivity contribution in [2.75, 3.05) is 0 Å². The molecule has 1 aliphatic rings. The number of rotatable bonds is 3. The second kappa shape index (κ2) is 7.53. The topological polar surface area (TPSA) is 69.8 Å². The number of carbonyl (C=O) groups is 1. The maximum atomic E-state index is 13.8. The van der Waals surface area contributed by atoms with E-state index in [0.29, 0.717) is 39.8 Å². The number of fused-ring (bicyclic) bond motifs is 1.